The SMILES string of the molecule is CCCCC(CC)CC(=O)C(N)(CC)CC. The van der Waals surface area contributed by atoms with Crippen molar-refractivity contribution in [1.82, 2.24) is 0 Å². The van der Waals surface area contributed by atoms with E-state index < -0.39 is 5.54 Å². The maximum Gasteiger partial charge on any atom is 0.152 e. The molecule has 0 spiro atoms. The first-order valence-electron chi connectivity index (χ1n) is 6.86. The van der Waals surface area contributed by atoms with E-state index in [-0.39, 0.29) is 5.78 Å². The van der Waals surface area contributed by atoms with Crippen LogP contribution < -0.4 is 5.73 Å². The van der Waals surface area contributed by atoms with Crippen LogP contribution in [-0.2, 0) is 4.79 Å². The number of rotatable bonds is 9. The topological polar surface area (TPSA) is 43.1 Å². The lowest BCUT2D eigenvalue weighted by atomic mass is 9.82. The summed E-state index contributed by atoms with van der Waals surface area (Å²) in [7, 11) is 0. The predicted octanol–water partition coefficient (Wildman–Crippen LogP) is 3.68. The smallest absolute Gasteiger partial charge is 0.152 e. The number of ketones is 1. The summed E-state index contributed by atoms with van der Waals surface area (Å²) < 4.78 is 0. The van der Waals surface area contributed by atoms with E-state index in [1.165, 1.54) is 19.3 Å². The average molecular weight is 227 g/mol. The summed E-state index contributed by atoms with van der Waals surface area (Å²) in [5.74, 6) is 0.800. The first-order valence-corrected chi connectivity index (χ1v) is 6.86. The van der Waals surface area contributed by atoms with Crippen molar-refractivity contribution < 1.29 is 4.79 Å². The third kappa shape index (κ3) is 4.65. The molecule has 0 rings (SSSR count). The summed E-state index contributed by atoms with van der Waals surface area (Å²) in [5.41, 5.74) is 5.55. The monoisotopic (exact) mass is 227 g/mol. The number of carbonyl (C=O) groups excluding carboxylic acids is 1. The van der Waals surface area contributed by atoms with E-state index in [0.29, 0.717) is 12.3 Å². The maximum atomic E-state index is 12.1. The van der Waals surface area contributed by atoms with Crippen LogP contribution in [0.4, 0.5) is 0 Å². The Hall–Kier alpha value is -0.370. The molecule has 0 radical (unpaired) electrons. The highest BCUT2D eigenvalue weighted by Crippen LogP contribution is 2.22. The molecule has 2 N–H and O–H groups in total. The second kappa shape index (κ2) is 7.83. The summed E-state index contributed by atoms with van der Waals surface area (Å²) in [5, 5.41) is 0. The van der Waals surface area contributed by atoms with Crippen LogP contribution in [0.3, 0.4) is 0 Å². The molecule has 1 atom stereocenters. The maximum absolute atomic E-state index is 12.1. The van der Waals surface area contributed by atoms with Crippen molar-refractivity contribution in [2.45, 2.75) is 78.2 Å². The standard InChI is InChI=1S/C14H29NO/c1-5-9-10-12(6-2)11-13(16)14(15,7-3)8-4/h12H,5-11,15H2,1-4H3. The molecule has 96 valence electrons. The van der Waals surface area contributed by atoms with Gasteiger partial charge in [0.25, 0.3) is 0 Å². The lowest BCUT2D eigenvalue weighted by molar-refractivity contribution is -0.125. The van der Waals surface area contributed by atoms with Crippen molar-refractivity contribution in [3.63, 3.8) is 0 Å². The van der Waals surface area contributed by atoms with Crippen molar-refractivity contribution >= 4 is 5.78 Å². The van der Waals surface area contributed by atoms with Gasteiger partial charge in [-0.15, -0.1) is 0 Å². The highest BCUT2D eigenvalue weighted by molar-refractivity contribution is 5.88. The van der Waals surface area contributed by atoms with Crippen LogP contribution in [0.15, 0.2) is 0 Å². The Morgan fingerprint density at radius 3 is 2.12 bits per heavy atom. The minimum absolute atomic E-state index is 0.264. The van der Waals surface area contributed by atoms with E-state index in [9.17, 15) is 4.79 Å². The summed E-state index contributed by atoms with van der Waals surface area (Å²) in [4.78, 5) is 12.1. The van der Waals surface area contributed by atoms with Crippen LogP contribution in [0.5, 0.6) is 0 Å². The molecule has 2 nitrogen and oxygen atoms in total. The molecule has 0 heterocycles. The van der Waals surface area contributed by atoms with Gasteiger partial charge in [-0.25, -0.2) is 0 Å². The normalized spacial score (nSPS) is 13.8. The Bertz CT molecular complexity index is 197. The predicted molar refractivity (Wildman–Crippen MR) is 70.4 cm³/mol. The highest BCUT2D eigenvalue weighted by atomic mass is 16.1. The van der Waals surface area contributed by atoms with Crippen molar-refractivity contribution in [1.29, 1.82) is 0 Å². The van der Waals surface area contributed by atoms with Crippen LogP contribution in [-0.4, -0.2) is 11.3 Å². The molecule has 16 heavy (non-hydrogen) atoms. The molecule has 0 saturated carbocycles. The quantitative estimate of drug-likeness (QED) is 0.653. The minimum atomic E-state index is -0.570. The molecule has 0 aliphatic heterocycles. The Morgan fingerprint density at radius 1 is 1.19 bits per heavy atom. The molecule has 0 amide bonds. The van der Waals surface area contributed by atoms with Gasteiger partial charge in [0, 0.05) is 6.42 Å². The number of carbonyl (C=O) groups is 1. The molecular formula is C14H29NO. The molecule has 0 saturated heterocycles. The van der Waals surface area contributed by atoms with Crippen molar-refractivity contribution in [2.24, 2.45) is 11.7 Å². The van der Waals surface area contributed by atoms with Gasteiger partial charge in [-0.1, -0.05) is 53.4 Å². The van der Waals surface area contributed by atoms with Gasteiger partial charge in [0.05, 0.1) is 5.54 Å². The Kier molecular flexibility index (Phi) is 7.65. The van der Waals surface area contributed by atoms with E-state index in [2.05, 4.69) is 13.8 Å². The van der Waals surface area contributed by atoms with Gasteiger partial charge in [0.2, 0.25) is 0 Å². The molecule has 0 aromatic carbocycles. The number of hydrogen-bond acceptors (Lipinski definition) is 2. The second-order valence-electron chi connectivity index (χ2n) is 4.91. The molecular weight excluding hydrogens is 198 g/mol. The molecule has 2 heteroatoms. The van der Waals surface area contributed by atoms with Gasteiger partial charge in [-0.05, 0) is 18.8 Å². The van der Waals surface area contributed by atoms with Crippen LogP contribution in [0.2, 0.25) is 0 Å². The van der Waals surface area contributed by atoms with Gasteiger partial charge in [-0.3, -0.25) is 4.79 Å². The van der Waals surface area contributed by atoms with Gasteiger partial charge >= 0.3 is 0 Å². The molecule has 0 aliphatic rings. The lowest BCUT2D eigenvalue weighted by Crippen LogP contribution is -2.47. The summed E-state index contributed by atoms with van der Waals surface area (Å²) in [6.07, 6.45) is 6.88. The summed E-state index contributed by atoms with van der Waals surface area (Å²) in [6, 6.07) is 0. The Balaban J connectivity index is 4.28. The van der Waals surface area contributed by atoms with Crippen LogP contribution in [0.25, 0.3) is 0 Å². The second-order valence-corrected chi connectivity index (χ2v) is 4.91. The molecule has 0 bridgehead atoms. The first-order chi connectivity index (χ1) is 7.53. The third-order valence-electron chi connectivity index (χ3n) is 3.83. The fourth-order valence-electron chi connectivity index (χ4n) is 2.05. The van der Waals surface area contributed by atoms with Crippen LogP contribution >= 0.6 is 0 Å². The Labute approximate surface area is 101 Å². The van der Waals surface area contributed by atoms with Gasteiger partial charge in [0.1, 0.15) is 0 Å². The number of unbranched alkanes of at least 4 members (excludes halogenated alkanes) is 1. The fraction of sp³-hybridized carbons (Fsp3) is 0.929. The highest BCUT2D eigenvalue weighted by Gasteiger charge is 2.30. The van der Waals surface area contributed by atoms with Crippen LogP contribution in [0, 0.1) is 5.92 Å². The molecule has 0 aromatic rings. The third-order valence-corrected chi connectivity index (χ3v) is 3.83. The van der Waals surface area contributed by atoms with Crippen molar-refractivity contribution in [3.8, 4) is 0 Å². The largest absolute Gasteiger partial charge is 0.319 e. The zero-order valence-corrected chi connectivity index (χ0v) is 11.5. The molecule has 0 fully saturated rings. The Morgan fingerprint density at radius 2 is 1.75 bits per heavy atom. The number of Topliss-reactive ketones (excluding diaryl/α,β-unsaturated/α-hetero) is 1. The van der Waals surface area contributed by atoms with E-state index in [4.69, 9.17) is 5.73 Å². The van der Waals surface area contributed by atoms with Crippen molar-refractivity contribution in [3.05, 3.63) is 0 Å². The van der Waals surface area contributed by atoms with Gasteiger partial charge in [0.15, 0.2) is 5.78 Å². The lowest BCUT2D eigenvalue weighted by Gasteiger charge is -2.27. The average Bonchev–Trinajstić information content (AvgIpc) is 2.32. The molecule has 0 aliphatic carbocycles. The minimum Gasteiger partial charge on any atom is -0.319 e. The zero-order chi connectivity index (χ0) is 12.6. The van der Waals surface area contributed by atoms with E-state index >= 15 is 0 Å². The first kappa shape index (κ1) is 15.6. The van der Waals surface area contributed by atoms with E-state index in [0.717, 1.165) is 19.3 Å². The fourth-order valence-corrected chi connectivity index (χ4v) is 2.05. The number of hydrogen-bond donors (Lipinski definition) is 1. The van der Waals surface area contributed by atoms with E-state index in [1.54, 1.807) is 0 Å². The molecule has 0 aromatic heterocycles. The summed E-state index contributed by atoms with van der Waals surface area (Å²) in [6.45, 7) is 8.38. The van der Waals surface area contributed by atoms with E-state index in [1.807, 2.05) is 13.8 Å². The van der Waals surface area contributed by atoms with Gasteiger partial charge < -0.3 is 5.73 Å². The van der Waals surface area contributed by atoms with Crippen LogP contribution in [0.1, 0.15) is 72.6 Å². The number of nitrogens with two attached hydrogens (primary N) is 1. The van der Waals surface area contributed by atoms with Gasteiger partial charge in [-0.2, -0.15) is 0 Å². The van der Waals surface area contributed by atoms with Crippen molar-refractivity contribution in [2.75, 3.05) is 0 Å². The zero-order valence-electron chi connectivity index (χ0n) is 11.5. The molecule has 1 unspecified atom stereocenters. The summed E-state index contributed by atoms with van der Waals surface area (Å²) >= 11 is 0.